The fourth-order valence-corrected chi connectivity index (χ4v) is 8.10. The topological polar surface area (TPSA) is 38.7 Å². The van der Waals surface area contributed by atoms with Crippen LogP contribution < -0.4 is 0 Å². The first-order chi connectivity index (χ1) is 26.0. The van der Waals surface area contributed by atoms with Gasteiger partial charge >= 0.3 is 0 Å². The first kappa shape index (κ1) is 31.1. The van der Waals surface area contributed by atoms with Crippen molar-refractivity contribution >= 4 is 21.5 Å². The van der Waals surface area contributed by atoms with Crippen LogP contribution >= 0.6 is 0 Å². The first-order valence-corrected chi connectivity index (χ1v) is 18.2. The van der Waals surface area contributed by atoms with E-state index < -0.39 is 0 Å². The molecule has 250 valence electrons. The van der Waals surface area contributed by atoms with Gasteiger partial charge in [-0.05, 0) is 102 Å². The summed E-state index contributed by atoms with van der Waals surface area (Å²) >= 11 is 0. The third-order valence-electron chi connectivity index (χ3n) is 10.9. The van der Waals surface area contributed by atoms with E-state index in [9.17, 15) is 0 Å². The van der Waals surface area contributed by atoms with Crippen LogP contribution in [0.25, 0.3) is 89.1 Å². The molecule has 10 rings (SSSR count). The highest BCUT2D eigenvalue weighted by atomic mass is 15.0. The second-order valence-corrected chi connectivity index (χ2v) is 14.5. The predicted octanol–water partition coefficient (Wildman–Crippen LogP) is 12.8. The highest BCUT2D eigenvalue weighted by molar-refractivity contribution is 6.10. The van der Waals surface area contributed by atoms with E-state index in [1.807, 2.05) is 18.2 Å². The number of aromatic nitrogens is 3. The molecule has 0 atom stereocenters. The van der Waals surface area contributed by atoms with E-state index in [1.165, 1.54) is 38.4 Å². The lowest BCUT2D eigenvalue weighted by Gasteiger charge is -2.21. The predicted molar refractivity (Wildman–Crippen MR) is 220 cm³/mol. The van der Waals surface area contributed by atoms with Gasteiger partial charge in [0, 0.05) is 22.1 Å². The van der Waals surface area contributed by atoms with Gasteiger partial charge in [-0.15, -0.1) is 0 Å². The molecule has 0 amide bonds. The van der Waals surface area contributed by atoms with Gasteiger partial charge in [-0.25, -0.2) is 15.0 Å². The number of hydrogen-bond acceptors (Lipinski definition) is 3. The lowest BCUT2D eigenvalue weighted by Crippen LogP contribution is -2.14. The van der Waals surface area contributed by atoms with Crippen LogP contribution in [0.15, 0.2) is 176 Å². The minimum atomic E-state index is -0.0335. The molecule has 0 bridgehead atoms. The van der Waals surface area contributed by atoms with Crippen molar-refractivity contribution in [2.24, 2.45) is 0 Å². The van der Waals surface area contributed by atoms with Crippen molar-refractivity contribution in [1.82, 2.24) is 15.0 Å². The van der Waals surface area contributed by atoms with E-state index in [2.05, 4.69) is 172 Å². The van der Waals surface area contributed by atoms with Crippen LogP contribution in [0.2, 0.25) is 0 Å². The van der Waals surface area contributed by atoms with E-state index in [0.717, 1.165) is 44.3 Å². The Balaban J connectivity index is 1.14. The highest BCUT2D eigenvalue weighted by Crippen LogP contribution is 2.50. The second-order valence-electron chi connectivity index (χ2n) is 14.5. The number of hydrogen-bond donors (Lipinski definition) is 0. The molecule has 0 unspecified atom stereocenters. The standard InChI is InChI=1S/C50H35N3/c1-50(2)45-21-13-12-20-42(45)44-31-43-36(30-46(44)50)23-22-35-26-37(24-25-41(35)43)48-51-47(34-18-10-5-11-19-34)52-49(53-48)40-28-38(32-14-6-3-7-15-32)27-39(29-40)33-16-8-4-9-17-33/h3-31H,1-2H3. The molecule has 53 heavy (non-hydrogen) atoms. The van der Waals surface area contributed by atoms with Crippen LogP contribution in [-0.2, 0) is 5.41 Å². The average molecular weight is 678 g/mol. The van der Waals surface area contributed by atoms with E-state index in [4.69, 9.17) is 15.0 Å². The van der Waals surface area contributed by atoms with Crippen molar-refractivity contribution < 1.29 is 0 Å². The molecule has 8 aromatic carbocycles. The lowest BCUT2D eigenvalue weighted by atomic mass is 9.81. The molecule has 1 aliphatic carbocycles. The molecule has 3 nitrogen and oxygen atoms in total. The molecule has 0 N–H and O–H groups in total. The summed E-state index contributed by atoms with van der Waals surface area (Å²) in [5, 5.41) is 4.89. The van der Waals surface area contributed by atoms with Gasteiger partial charge < -0.3 is 0 Å². The number of rotatable bonds is 5. The smallest absolute Gasteiger partial charge is 0.164 e. The monoisotopic (exact) mass is 677 g/mol. The van der Waals surface area contributed by atoms with Crippen LogP contribution in [0.5, 0.6) is 0 Å². The Morgan fingerprint density at radius 2 is 0.830 bits per heavy atom. The third-order valence-corrected chi connectivity index (χ3v) is 10.9. The number of benzene rings is 8. The van der Waals surface area contributed by atoms with E-state index in [0.29, 0.717) is 17.5 Å². The lowest BCUT2D eigenvalue weighted by molar-refractivity contribution is 0.661. The zero-order valence-corrected chi connectivity index (χ0v) is 29.6. The molecule has 1 aromatic heterocycles. The molecule has 0 spiro atoms. The second kappa shape index (κ2) is 12.2. The Labute approximate surface area is 309 Å². The van der Waals surface area contributed by atoms with Gasteiger partial charge in [-0.1, -0.05) is 153 Å². The quantitative estimate of drug-likeness (QED) is 0.170. The molecule has 1 heterocycles. The molecule has 0 fully saturated rings. The molecule has 9 aromatic rings. The summed E-state index contributed by atoms with van der Waals surface area (Å²) in [6.07, 6.45) is 0. The van der Waals surface area contributed by atoms with Crippen molar-refractivity contribution in [1.29, 1.82) is 0 Å². The largest absolute Gasteiger partial charge is 0.208 e. The fourth-order valence-electron chi connectivity index (χ4n) is 8.10. The Bertz CT molecular complexity index is 2780. The summed E-state index contributed by atoms with van der Waals surface area (Å²) in [6.45, 7) is 4.67. The SMILES string of the molecule is CC1(C)c2ccccc2-c2cc3c(ccc4cc(-c5nc(-c6ccccc6)nc(-c6cc(-c7ccccc7)cc(-c7ccccc7)c6)n5)ccc43)cc21. The highest BCUT2D eigenvalue weighted by Gasteiger charge is 2.35. The van der Waals surface area contributed by atoms with Crippen molar-refractivity contribution in [3.63, 3.8) is 0 Å². The maximum atomic E-state index is 5.20. The van der Waals surface area contributed by atoms with Crippen molar-refractivity contribution in [2.75, 3.05) is 0 Å². The van der Waals surface area contributed by atoms with E-state index in [1.54, 1.807) is 0 Å². The summed E-state index contributed by atoms with van der Waals surface area (Å²) in [5.41, 5.74) is 12.8. The third kappa shape index (κ3) is 5.32. The van der Waals surface area contributed by atoms with Crippen molar-refractivity contribution in [2.45, 2.75) is 19.3 Å². The van der Waals surface area contributed by atoms with Gasteiger partial charge in [0.15, 0.2) is 17.5 Å². The average Bonchev–Trinajstić information content (AvgIpc) is 3.45. The van der Waals surface area contributed by atoms with E-state index >= 15 is 0 Å². The summed E-state index contributed by atoms with van der Waals surface area (Å²) in [5.74, 6) is 1.93. The molecule has 3 heteroatoms. The van der Waals surface area contributed by atoms with Crippen molar-refractivity contribution in [3.8, 4) is 67.5 Å². The van der Waals surface area contributed by atoms with Crippen LogP contribution in [0.3, 0.4) is 0 Å². The summed E-state index contributed by atoms with van der Waals surface area (Å²) in [4.78, 5) is 15.4. The molecule has 0 aliphatic heterocycles. The van der Waals surface area contributed by atoms with Gasteiger partial charge in [0.25, 0.3) is 0 Å². The molecule has 0 saturated heterocycles. The normalized spacial score (nSPS) is 12.9. The van der Waals surface area contributed by atoms with E-state index in [-0.39, 0.29) is 5.41 Å². The maximum Gasteiger partial charge on any atom is 0.164 e. The Hall–Kier alpha value is -6.71. The van der Waals surface area contributed by atoms with Gasteiger partial charge in [0.1, 0.15) is 0 Å². The maximum absolute atomic E-state index is 5.20. The van der Waals surface area contributed by atoms with Crippen LogP contribution in [-0.4, -0.2) is 15.0 Å². The Morgan fingerprint density at radius 1 is 0.321 bits per heavy atom. The zero-order valence-electron chi connectivity index (χ0n) is 29.6. The number of nitrogens with zero attached hydrogens (tertiary/aromatic N) is 3. The molecule has 0 saturated carbocycles. The minimum Gasteiger partial charge on any atom is -0.208 e. The van der Waals surface area contributed by atoms with Crippen LogP contribution in [0.1, 0.15) is 25.0 Å². The molecule has 1 aliphatic rings. The summed E-state index contributed by atoms with van der Waals surface area (Å²) in [6, 6.07) is 62.6. The molecular weight excluding hydrogens is 643 g/mol. The summed E-state index contributed by atoms with van der Waals surface area (Å²) < 4.78 is 0. The van der Waals surface area contributed by atoms with Gasteiger partial charge in [-0.3, -0.25) is 0 Å². The van der Waals surface area contributed by atoms with Gasteiger partial charge in [0.05, 0.1) is 0 Å². The van der Waals surface area contributed by atoms with Gasteiger partial charge in [0.2, 0.25) is 0 Å². The fraction of sp³-hybridized carbons (Fsp3) is 0.0600. The molecule has 0 radical (unpaired) electrons. The molecular formula is C50H35N3. The van der Waals surface area contributed by atoms with Crippen LogP contribution in [0.4, 0.5) is 0 Å². The number of fused-ring (bicyclic) bond motifs is 6. The minimum absolute atomic E-state index is 0.0335. The van der Waals surface area contributed by atoms with Crippen molar-refractivity contribution in [3.05, 3.63) is 187 Å². The van der Waals surface area contributed by atoms with Crippen LogP contribution in [0, 0.1) is 0 Å². The first-order valence-electron chi connectivity index (χ1n) is 18.2. The zero-order chi connectivity index (χ0) is 35.5. The Morgan fingerprint density at radius 3 is 1.47 bits per heavy atom. The Kier molecular flexibility index (Phi) is 7.16. The summed E-state index contributed by atoms with van der Waals surface area (Å²) in [7, 11) is 0. The van der Waals surface area contributed by atoms with Gasteiger partial charge in [-0.2, -0.15) is 0 Å².